The fourth-order valence-corrected chi connectivity index (χ4v) is 5.20. The van der Waals surface area contributed by atoms with Crippen molar-refractivity contribution in [1.82, 2.24) is 0 Å². The number of ether oxygens (including phenoxy) is 4. The largest absolute Gasteiger partial charge is 0.462 e. The molecule has 0 aromatic carbocycles. The van der Waals surface area contributed by atoms with Gasteiger partial charge in [0.25, 0.3) is 0 Å². The van der Waals surface area contributed by atoms with Crippen LogP contribution in [0.1, 0.15) is 136 Å². The zero-order chi connectivity index (χ0) is 33.8. The number of aliphatic hydroxyl groups excluding tert-OH is 4. The Morgan fingerprint density at radius 3 is 1.83 bits per heavy atom. The maximum absolute atomic E-state index is 12.5. The molecule has 10 nitrogen and oxygen atoms in total. The predicted molar refractivity (Wildman–Crippen MR) is 178 cm³/mol. The van der Waals surface area contributed by atoms with Crippen LogP contribution in [0.4, 0.5) is 0 Å². The van der Waals surface area contributed by atoms with E-state index in [9.17, 15) is 30.0 Å². The Balaban J connectivity index is 2.13. The van der Waals surface area contributed by atoms with E-state index in [1.807, 2.05) is 0 Å². The van der Waals surface area contributed by atoms with Crippen LogP contribution < -0.4 is 0 Å². The molecule has 0 aromatic rings. The molecule has 10 heteroatoms. The molecule has 1 fully saturated rings. The molecule has 268 valence electrons. The van der Waals surface area contributed by atoms with Crippen LogP contribution in [0.5, 0.6) is 0 Å². The SMILES string of the molecule is CCCCCCC/C=C\C/C=C\CCCCCCCCCCCC(=O)OC(COC(=O)CC)COC1OC(CO)C(O)C(O)C1O. The first kappa shape index (κ1) is 42.2. The second-order valence-electron chi connectivity index (χ2n) is 12.3. The first-order chi connectivity index (χ1) is 22.3. The molecule has 0 aliphatic carbocycles. The maximum Gasteiger partial charge on any atom is 0.306 e. The summed E-state index contributed by atoms with van der Waals surface area (Å²) in [5, 5.41) is 39.4. The summed E-state index contributed by atoms with van der Waals surface area (Å²) in [6.07, 6.45) is 21.6. The Morgan fingerprint density at radius 2 is 1.26 bits per heavy atom. The van der Waals surface area contributed by atoms with Crippen LogP contribution in [0, 0.1) is 0 Å². The van der Waals surface area contributed by atoms with Crippen molar-refractivity contribution in [2.45, 2.75) is 173 Å². The molecule has 0 amide bonds. The molecule has 46 heavy (non-hydrogen) atoms. The number of aliphatic hydroxyl groups is 4. The fourth-order valence-electron chi connectivity index (χ4n) is 5.20. The van der Waals surface area contributed by atoms with Crippen LogP contribution in [0.15, 0.2) is 24.3 Å². The normalized spacial score (nSPS) is 22.4. The lowest BCUT2D eigenvalue weighted by molar-refractivity contribution is -0.305. The van der Waals surface area contributed by atoms with E-state index in [1.54, 1.807) is 6.92 Å². The van der Waals surface area contributed by atoms with Gasteiger partial charge in [-0.1, -0.05) is 109 Å². The van der Waals surface area contributed by atoms with Gasteiger partial charge in [-0.05, 0) is 38.5 Å². The first-order valence-corrected chi connectivity index (χ1v) is 17.9. The average Bonchev–Trinajstić information content (AvgIpc) is 3.06. The monoisotopic (exact) mass is 656 g/mol. The number of hydrogen-bond acceptors (Lipinski definition) is 10. The highest BCUT2D eigenvalue weighted by Crippen LogP contribution is 2.22. The van der Waals surface area contributed by atoms with E-state index in [-0.39, 0.29) is 26.1 Å². The standard InChI is InChI=1S/C36H64O10/c1-3-5-6-7-8-9-10-11-12-13-14-15-16-17-18-19-20-21-22-23-24-25-32(39)45-29(27-43-31(38)4-2)28-44-36-35(42)34(41)33(40)30(26-37)46-36/h10-11,13-14,29-30,33-37,40-42H,3-9,12,15-28H2,1-2H3/b11-10-,14-13-. The summed E-state index contributed by atoms with van der Waals surface area (Å²) in [6, 6.07) is 0. The maximum atomic E-state index is 12.5. The van der Waals surface area contributed by atoms with Gasteiger partial charge in [0.05, 0.1) is 13.2 Å². The minimum absolute atomic E-state index is 0.156. The van der Waals surface area contributed by atoms with E-state index in [0.29, 0.717) is 6.42 Å². The van der Waals surface area contributed by atoms with Gasteiger partial charge in [0.1, 0.15) is 31.0 Å². The van der Waals surface area contributed by atoms with Gasteiger partial charge in [0.2, 0.25) is 0 Å². The van der Waals surface area contributed by atoms with Crippen molar-refractivity contribution in [3.05, 3.63) is 24.3 Å². The lowest BCUT2D eigenvalue weighted by atomic mass is 9.99. The molecule has 1 aliphatic rings. The number of carbonyl (C=O) groups excluding carboxylic acids is 2. The van der Waals surface area contributed by atoms with Gasteiger partial charge in [-0.2, -0.15) is 0 Å². The van der Waals surface area contributed by atoms with Crippen LogP contribution in [0.25, 0.3) is 0 Å². The quantitative estimate of drug-likeness (QED) is 0.0460. The van der Waals surface area contributed by atoms with E-state index in [0.717, 1.165) is 32.1 Å². The summed E-state index contributed by atoms with van der Waals surface area (Å²) in [6.45, 7) is 2.79. The second-order valence-corrected chi connectivity index (χ2v) is 12.3. The van der Waals surface area contributed by atoms with Gasteiger partial charge in [-0.15, -0.1) is 0 Å². The molecule has 4 N–H and O–H groups in total. The zero-order valence-electron chi connectivity index (χ0n) is 28.6. The summed E-state index contributed by atoms with van der Waals surface area (Å²) in [7, 11) is 0. The molecule has 0 spiro atoms. The molecule has 6 unspecified atom stereocenters. The van der Waals surface area contributed by atoms with E-state index in [4.69, 9.17) is 18.9 Å². The lowest BCUT2D eigenvalue weighted by Crippen LogP contribution is -2.59. The molecule has 1 rings (SSSR count). The summed E-state index contributed by atoms with van der Waals surface area (Å²) < 4.78 is 21.4. The molecule has 0 radical (unpaired) electrons. The van der Waals surface area contributed by atoms with Crippen molar-refractivity contribution in [2.24, 2.45) is 0 Å². The molecule has 6 atom stereocenters. The molecule has 1 heterocycles. The van der Waals surface area contributed by atoms with E-state index in [1.165, 1.54) is 70.6 Å². The molecule has 0 aromatic heterocycles. The number of rotatable bonds is 28. The Hall–Kier alpha value is -1.82. The summed E-state index contributed by atoms with van der Waals surface area (Å²) in [5.74, 6) is -0.912. The molecule has 0 saturated carbocycles. The Morgan fingerprint density at radius 1 is 0.696 bits per heavy atom. The van der Waals surface area contributed by atoms with Crippen LogP contribution in [0.3, 0.4) is 0 Å². The van der Waals surface area contributed by atoms with Crippen molar-refractivity contribution < 1.29 is 49.0 Å². The number of unbranched alkanes of at least 4 members (excludes halogenated alkanes) is 14. The van der Waals surface area contributed by atoms with Crippen molar-refractivity contribution in [1.29, 1.82) is 0 Å². The first-order valence-electron chi connectivity index (χ1n) is 17.9. The highest BCUT2D eigenvalue weighted by molar-refractivity contribution is 5.70. The molecule has 0 bridgehead atoms. The van der Waals surface area contributed by atoms with Gasteiger partial charge in [-0.3, -0.25) is 9.59 Å². The molecule has 1 saturated heterocycles. The van der Waals surface area contributed by atoms with Gasteiger partial charge >= 0.3 is 11.9 Å². The Kier molecular flexibility index (Phi) is 25.9. The number of hydrogen-bond donors (Lipinski definition) is 4. The van der Waals surface area contributed by atoms with Crippen LogP contribution >= 0.6 is 0 Å². The molecular formula is C36H64O10. The van der Waals surface area contributed by atoms with E-state index < -0.39 is 55.4 Å². The Labute approximate surface area is 277 Å². The predicted octanol–water partition coefficient (Wildman–Crippen LogP) is 5.82. The van der Waals surface area contributed by atoms with E-state index >= 15 is 0 Å². The third kappa shape index (κ3) is 20.4. The molecule has 1 aliphatic heterocycles. The lowest BCUT2D eigenvalue weighted by Gasteiger charge is -2.39. The van der Waals surface area contributed by atoms with E-state index in [2.05, 4.69) is 31.2 Å². The number of esters is 2. The summed E-state index contributed by atoms with van der Waals surface area (Å²) in [4.78, 5) is 24.1. The van der Waals surface area contributed by atoms with Crippen LogP contribution in [0.2, 0.25) is 0 Å². The highest BCUT2D eigenvalue weighted by Gasteiger charge is 2.44. The number of carbonyl (C=O) groups is 2. The van der Waals surface area contributed by atoms with Crippen molar-refractivity contribution in [3.63, 3.8) is 0 Å². The minimum atomic E-state index is -1.59. The van der Waals surface area contributed by atoms with Gasteiger partial charge < -0.3 is 39.4 Å². The van der Waals surface area contributed by atoms with Crippen LogP contribution in [-0.4, -0.2) is 89.0 Å². The second kappa shape index (κ2) is 28.2. The summed E-state index contributed by atoms with van der Waals surface area (Å²) in [5.41, 5.74) is 0. The Bertz CT molecular complexity index is 815. The van der Waals surface area contributed by atoms with Gasteiger partial charge in [-0.25, -0.2) is 0 Å². The summed E-state index contributed by atoms with van der Waals surface area (Å²) >= 11 is 0. The average molecular weight is 657 g/mol. The zero-order valence-corrected chi connectivity index (χ0v) is 28.6. The molecular weight excluding hydrogens is 592 g/mol. The topological polar surface area (TPSA) is 152 Å². The minimum Gasteiger partial charge on any atom is -0.462 e. The van der Waals surface area contributed by atoms with Crippen molar-refractivity contribution >= 4 is 11.9 Å². The third-order valence-corrected chi connectivity index (χ3v) is 8.14. The van der Waals surface area contributed by atoms with Gasteiger partial charge in [0, 0.05) is 12.8 Å². The smallest absolute Gasteiger partial charge is 0.306 e. The van der Waals surface area contributed by atoms with Gasteiger partial charge in [0.15, 0.2) is 12.4 Å². The van der Waals surface area contributed by atoms with Crippen molar-refractivity contribution in [2.75, 3.05) is 19.8 Å². The van der Waals surface area contributed by atoms with Crippen molar-refractivity contribution in [3.8, 4) is 0 Å². The number of allylic oxidation sites excluding steroid dienone is 4. The highest BCUT2D eigenvalue weighted by atomic mass is 16.7. The third-order valence-electron chi connectivity index (χ3n) is 8.14. The van der Waals surface area contributed by atoms with Crippen LogP contribution in [-0.2, 0) is 28.5 Å². The fraction of sp³-hybridized carbons (Fsp3) is 0.833.